The Hall–Kier alpha value is -3.93. The molecule has 0 fully saturated rings. The molecule has 0 saturated heterocycles. The Balaban J connectivity index is 4.52. The number of carbonyl (C=O) groups excluding carboxylic acids is 3. The predicted octanol–water partition coefficient (Wildman–Crippen LogP) is 15.6. The highest BCUT2D eigenvalue weighted by Crippen LogP contribution is 2.14. The average Bonchev–Trinajstić information content (AvgIpc) is 3.24. The van der Waals surface area contributed by atoms with E-state index in [0.717, 1.165) is 83.5 Å². The van der Waals surface area contributed by atoms with Crippen LogP contribution in [0.2, 0.25) is 0 Å². The molecule has 1 atom stereocenters. The molecule has 0 spiro atoms. The SMILES string of the molecule is CC\C=C/C=C\C=C/C=C\C=C\C=C/C=C\CCCCCC(=O)OCC(COC(=O)CCCCC/C=C\C=C/CCCC)OC(=O)CCCCCCCCCCCCCC. The summed E-state index contributed by atoms with van der Waals surface area (Å²) in [5, 5.41) is 0. The van der Waals surface area contributed by atoms with Crippen LogP contribution in [0.3, 0.4) is 0 Å². The van der Waals surface area contributed by atoms with Crippen molar-refractivity contribution in [3.05, 3.63) is 109 Å². The molecule has 1 unspecified atom stereocenters. The number of allylic oxidation sites excluding steroid dienone is 18. The van der Waals surface area contributed by atoms with Gasteiger partial charge in [-0.2, -0.15) is 0 Å². The molecule has 0 aliphatic rings. The van der Waals surface area contributed by atoms with Crippen LogP contribution in [0.25, 0.3) is 0 Å². The van der Waals surface area contributed by atoms with Gasteiger partial charge in [0.05, 0.1) is 0 Å². The minimum atomic E-state index is -0.806. The van der Waals surface area contributed by atoms with Gasteiger partial charge in [-0.05, 0) is 57.8 Å². The van der Waals surface area contributed by atoms with Crippen molar-refractivity contribution in [2.45, 2.75) is 200 Å². The van der Waals surface area contributed by atoms with Crippen molar-refractivity contribution < 1.29 is 28.6 Å². The predicted molar refractivity (Wildman–Crippen MR) is 256 cm³/mol. The minimum Gasteiger partial charge on any atom is -0.462 e. The number of hydrogen-bond acceptors (Lipinski definition) is 6. The molecule has 60 heavy (non-hydrogen) atoms. The summed E-state index contributed by atoms with van der Waals surface area (Å²) in [5.41, 5.74) is 0. The molecule has 0 saturated carbocycles. The van der Waals surface area contributed by atoms with Crippen LogP contribution in [0.1, 0.15) is 194 Å². The Morgan fingerprint density at radius 3 is 1.08 bits per heavy atom. The van der Waals surface area contributed by atoms with E-state index < -0.39 is 6.10 Å². The van der Waals surface area contributed by atoms with Crippen LogP contribution < -0.4 is 0 Å². The maximum absolute atomic E-state index is 12.7. The third-order valence-corrected chi connectivity index (χ3v) is 9.73. The van der Waals surface area contributed by atoms with Gasteiger partial charge in [-0.1, -0.05) is 226 Å². The zero-order valence-corrected chi connectivity index (χ0v) is 38.4. The molecule has 0 rings (SSSR count). The highest BCUT2D eigenvalue weighted by molar-refractivity contribution is 5.71. The van der Waals surface area contributed by atoms with E-state index in [-0.39, 0.29) is 31.1 Å². The fraction of sp³-hybridized carbons (Fsp3) is 0.611. The van der Waals surface area contributed by atoms with Gasteiger partial charge in [0.2, 0.25) is 0 Å². The van der Waals surface area contributed by atoms with Gasteiger partial charge in [-0.25, -0.2) is 0 Å². The molecule has 0 aromatic rings. The Morgan fingerprint density at radius 2 is 0.667 bits per heavy atom. The van der Waals surface area contributed by atoms with Crippen molar-refractivity contribution in [2.75, 3.05) is 13.2 Å². The van der Waals surface area contributed by atoms with Crippen molar-refractivity contribution in [2.24, 2.45) is 0 Å². The third-order valence-electron chi connectivity index (χ3n) is 9.73. The molecule has 0 amide bonds. The molecule has 6 nitrogen and oxygen atoms in total. The summed E-state index contributed by atoms with van der Waals surface area (Å²) in [4.78, 5) is 37.8. The lowest BCUT2D eigenvalue weighted by molar-refractivity contribution is -0.167. The van der Waals surface area contributed by atoms with Gasteiger partial charge in [0, 0.05) is 19.3 Å². The molecular weight excluding hydrogens is 745 g/mol. The summed E-state index contributed by atoms with van der Waals surface area (Å²) in [6, 6.07) is 0. The van der Waals surface area contributed by atoms with E-state index in [1.54, 1.807) is 0 Å². The second kappa shape index (κ2) is 47.7. The van der Waals surface area contributed by atoms with Gasteiger partial charge in [-0.3, -0.25) is 14.4 Å². The highest BCUT2D eigenvalue weighted by atomic mass is 16.6. The van der Waals surface area contributed by atoms with Crippen LogP contribution in [0.5, 0.6) is 0 Å². The van der Waals surface area contributed by atoms with E-state index in [1.165, 1.54) is 70.6 Å². The van der Waals surface area contributed by atoms with Crippen molar-refractivity contribution in [1.82, 2.24) is 0 Å². The Bertz CT molecular complexity index is 1280. The van der Waals surface area contributed by atoms with E-state index in [2.05, 4.69) is 57.2 Å². The van der Waals surface area contributed by atoms with E-state index in [0.29, 0.717) is 19.3 Å². The fourth-order valence-electron chi connectivity index (χ4n) is 6.11. The van der Waals surface area contributed by atoms with E-state index in [4.69, 9.17) is 14.2 Å². The number of ether oxygens (including phenoxy) is 3. The zero-order chi connectivity index (χ0) is 43.7. The van der Waals surface area contributed by atoms with Crippen molar-refractivity contribution in [1.29, 1.82) is 0 Å². The quantitative estimate of drug-likeness (QED) is 0.0264. The van der Waals surface area contributed by atoms with Gasteiger partial charge in [0.25, 0.3) is 0 Å². The van der Waals surface area contributed by atoms with Gasteiger partial charge in [0.15, 0.2) is 6.10 Å². The average molecular weight is 831 g/mol. The highest BCUT2D eigenvalue weighted by Gasteiger charge is 2.19. The van der Waals surface area contributed by atoms with Crippen molar-refractivity contribution >= 4 is 17.9 Å². The second-order valence-corrected chi connectivity index (χ2v) is 15.5. The Kier molecular flexibility index (Phi) is 44.6. The van der Waals surface area contributed by atoms with Crippen LogP contribution in [0, 0.1) is 0 Å². The molecule has 0 aliphatic carbocycles. The molecule has 6 heteroatoms. The number of carbonyl (C=O) groups is 3. The van der Waals surface area contributed by atoms with Gasteiger partial charge < -0.3 is 14.2 Å². The topological polar surface area (TPSA) is 78.9 Å². The van der Waals surface area contributed by atoms with Crippen LogP contribution in [-0.2, 0) is 28.6 Å². The number of unbranched alkanes of at least 4 members (excludes halogenated alkanes) is 19. The lowest BCUT2D eigenvalue weighted by Crippen LogP contribution is -2.30. The lowest BCUT2D eigenvalue weighted by Gasteiger charge is -2.18. The summed E-state index contributed by atoms with van der Waals surface area (Å²) in [6.45, 7) is 6.35. The maximum Gasteiger partial charge on any atom is 0.306 e. The van der Waals surface area contributed by atoms with E-state index in [9.17, 15) is 14.4 Å². The summed E-state index contributed by atoms with van der Waals surface area (Å²) in [5.74, 6) is -0.987. The molecule has 0 aromatic heterocycles. The van der Waals surface area contributed by atoms with Crippen LogP contribution in [0.4, 0.5) is 0 Å². The Morgan fingerprint density at radius 1 is 0.350 bits per heavy atom. The minimum absolute atomic E-state index is 0.108. The zero-order valence-electron chi connectivity index (χ0n) is 38.4. The summed E-state index contributed by atoms with van der Waals surface area (Å²) >= 11 is 0. The largest absolute Gasteiger partial charge is 0.462 e. The molecular formula is C54H86O6. The second-order valence-electron chi connectivity index (χ2n) is 15.5. The van der Waals surface area contributed by atoms with Gasteiger partial charge in [0.1, 0.15) is 13.2 Å². The molecule has 0 aromatic carbocycles. The first-order valence-corrected chi connectivity index (χ1v) is 24.0. The normalized spacial score (nSPS) is 13.1. The van der Waals surface area contributed by atoms with Gasteiger partial charge in [-0.15, -0.1) is 0 Å². The Labute approximate surface area is 368 Å². The number of esters is 3. The molecule has 0 radical (unpaired) electrons. The first-order valence-electron chi connectivity index (χ1n) is 24.0. The maximum atomic E-state index is 12.7. The number of rotatable bonds is 41. The van der Waals surface area contributed by atoms with Crippen molar-refractivity contribution in [3.63, 3.8) is 0 Å². The first-order chi connectivity index (χ1) is 29.5. The standard InChI is InChI=1S/C54H86O6/c1-4-7-10-13-16-19-22-24-25-26-27-28-29-30-33-35-38-41-44-47-53(56)59-50-51(49-58-52(55)46-43-40-37-34-31-21-18-15-12-9-6-3)60-54(57)48-45-42-39-36-32-23-20-17-14-11-8-5-2/h7,10,13,15-16,18-19,21-22,24-31,33,51H,4-6,8-9,11-12,14,17,20,23,32,34-50H2,1-3H3/b10-7-,16-13-,18-15-,22-19-,25-24-,27-26+,29-28-,31-21-,33-30-. The first kappa shape index (κ1) is 56.1. The molecule has 0 aliphatic heterocycles. The van der Waals surface area contributed by atoms with Crippen LogP contribution >= 0.6 is 0 Å². The molecule has 0 heterocycles. The number of hydrogen-bond donors (Lipinski definition) is 0. The van der Waals surface area contributed by atoms with Gasteiger partial charge >= 0.3 is 17.9 Å². The monoisotopic (exact) mass is 831 g/mol. The fourth-order valence-corrected chi connectivity index (χ4v) is 6.11. The lowest BCUT2D eigenvalue weighted by atomic mass is 10.0. The molecule has 0 bridgehead atoms. The van der Waals surface area contributed by atoms with Crippen LogP contribution in [-0.4, -0.2) is 37.2 Å². The van der Waals surface area contributed by atoms with E-state index in [1.807, 2.05) is 72.9 Å². The summed E-state index contributed by atoms with van der Waals surface area (Å²) < 4.78 is 16.7. The summed E-state index contributed by atoms with van der Waals surface area (Å²) in [7, 11) is 0. The molecule has 0 N–H and O–H groups in total. The van der Waals surface area contributed by atoms with E-state index >= 15 is 0 Å². The smallest absolute Gasteiger partial charge is 0.306 e. The van der Waals surface area contributed by atoms with Crippen LogP contribution in [0.15, 0.2) is 109 Å². The molecule has 338 valence electrons. The third kappa shape index (κ3) is 45.2. The van der Waals surface area contributed by atoms with Crippen molar-refractivity contribution in [3.8, 4) is 0 Å². The summed E-state index contributed by atoms with van der Waals surface area (Å²) in [6.07, 6.45) is 63.5.